The van der Waals surface area contributed by atoms with Crippen molar-refractivity contribution in [2.24, 2.45) is 0 Å². The lowest BCUT2D eigenvalue weighted by Crippen LogP contribution is -1.92. The lowest BCUT2D eigenvalue weighted by atomic mass is 10.1. The summed E-state index contributed by atoms with van der Waals surface area (Å²) in [6.07, 6.45) is 0. The van der Waals surface area contributed by atoms with E-state index in [2.05, 4.69) is 15.2 Å². The highest BCUT2D eigenvalue weighted by Crippen LogP contribution is 2.28. The summed E-state index contributed by atoms with van der Waals surface area (Å²) in [5.74, 6) is 0.820. The quantitative estimate of drug-likeness (QED) is 0.736. The second-order valence-corrected chi connectivity index (χ2v) is 4.36. The zero-order valence-electron chi connectivity index (χ0n) is 10.8. The van der Waals surface area contributed by atoms with Gasteiger partial charge in [-0.25, -0.2) is 4.98 Å². The predicted octanol–water partition coefficient (Wildman–Crippen LogP) is 2.52. The third-order valence-electron chi connectivity index (χ3n) is 3.15. The van der Waals surface area contributed by atoms with Crippen molar-refractivity contribution in [2.75, 3.05) is 12.8 Å². The van der Waals surface area contributed by atoms with Crippen LogP contribution in [0.15, 0.2) is 30.3 Å². The molecule has 3 aromatic rings. The Kier molecular flexibility index (Phi) is 2.59. The number of nitrogens with one attached hydrogen (secondary N) is 1. The number of nitrogens with two attached hydrogens (primary N) is 1. The molecule has 0 atom stereocenters. The summed E-state index contributed by atoms with van der Waals surface area (Å²) in [4.78, 5) is 4.36. The molecule has 0 fully saturated rings. The minimum absolute atomic E-state index is 0.670. The molecule has 0 radical (unpaired) electrons. The van der Waals surface area contributed by atoms with Crippen molar-refractivity contribution in [3.05, 3.63) is 36.0 Å². The molecule has 3 N–H and O–H groups in total. The fourth-order valence-corrected chi connectivity index (χ4v) is 2.02. The van der Waals surface area contributed by atoms with Gasteiger partial charge in [0, 0.05) is 10.9 Å². The highest BCUT2D eigenvalue weighted by molar-refractivity contribution is 5.92. The number of benzene rings is 1. The number of aromatic amines is 1. The van der Waals surface area contributed by atoms with E-state index in [0.717, 1.165) is 28.1 Å². The Bertz CT molecular complexity index is 731. The predicted molar refractivity (Wildman–Crippen MR) is 75.0 cm³/mol. The number of fused-ring (bicyclic) bond motifs is 1. The van der Waals surface area contributed by atoms with E-state index in [4.69, 9.17) is 10.5 Å². The lowest BCUT2D eigenvalue weighted by molar-refractivity contribution is 0.415. The number of hydrogen-bond donors (Lipinski definition) is 2. The third-order valence-corrected chi connectivity index (χ3v) is 3.15. The maximum atomic E-state index is 5.91. The molecule has 0 spiro atoms. The molecule has 5 nitrogen and oxygen atoms in total. The van der Waals surface area contributed by atoms with E-state index in [1.807, 2.05) is 37.3 Å². The molecule has 96 valence electrons. The van der Waals surface area contributed by atoms with Crippen LogP contribution < -0.4 is 10.5 Å². The van der Waals surface area contributed by atoms with Gasteiger partial charge >= 0.3 is 0 Å². The van der Waals surface area contributed by atoms with Crippen molar-refractivity contribution in [2.45, 2.75) is 6.92 Å². The molecule has 1 aromatic carbocycles. The van der Waals surface area contributed by atoms with Gasteiger partial charge in [0.15, 0.2) is 5.65 Å². The molecule has 0 aliphatic heterocycles. The monoisotopic (exact) mass is 254 g/mol. The van der Waals surface area contributed by atoms with E-state index in [9.17, 15) is 0 Å². The molecule has 2 heterocycles. The Labute approximate surface area is 110 Å². The molecule has 0 aliphatic carbocycles. The average molecular weight is 254 g/mol. The molecule has 0 unspecified atom stereocenters. The van der Waals surface area contributed by atoms with Crippen LogP contribution in [0.1, 0.15) is 5.69 Å². The van der Waals surface area contributed by atoms with Gasteiger partial charge in [0.25, 0.3) is 0 Å². The molecule has 0 saturated heterocycles. The number of rotatable bonds is 2. The second-order valence-electron chi connectivity index (χ2n) is 4.36. The Balaban J connectivity index is 2.16. The fraction of sp³-hybridized carbons (Fsp3) is 0.143. The SMILES string of the molecule is COc1ccc(-c2[nH]nc3nc(C)c(N)cc23)cc1. The number of methoxy groups -OCH3 is 1. The Morgan fingerprint density at radius 2 is 1.95 bits per heavy atom. The molecule has 2 aromatic heterocycles. The maximum absolute atomic E-state index is 5.91. The van der Waals surface area contributed by atoms with Crippen LogP contribution in [0.2, 0.25) is 0 Å². The van der Waals surface area contributed by atoms with Crippen molar-refractivity contribution in [3.63, 3.8) is 0 Å². The van der Waals surface area contributed by atoms with Gasteiger partial charge in [-0.3, -0.25) is 5.10 Å². The van der Waals surface area contributed by atoms with E-state index >= 15 is 0 Å². The number of nitrogen functional groups attached to an aromatic ring is 1. The highest BCUT2D eigenvalue weighted by Gasteiger charge is 2.10. The van der Waals surface area contributed by atoms with E-state index in [1.165, 1.54) is 0 Å². The summed E-state index contributed by atoms with van der Waals surface area (Å²) in [6.45, 7) is 1.87. The van der Waals surface area contributed by atoms with Gasteiger partial charge < -0.3 is 10.5 Å². The summed E-state index contributed by atoms with van der Waals surface area (Å²) < 4.78 is 5.15. The number of aromatic nitrogens is 3. The number of hydrogen-bond acceptors (Lipinski definition) is 4. The largest absolute Gasteiger partial charge is 0.497 e. The van der Waals surface area contributed by atoms with Crippen LogP contribution in [-0.4, -0.2) is 22.3 Å². The number of ether oxygens (including phenoxy) is 1. The van der Waals surface area contributed by atoms with E-state index in [-0.39, 0.29) is 0 Å². The van der Waals surface area contributed by atoms with Crippen LogP contribution in [0.5, 0.6) is 5.75 Å². The smallest absolute Gasteiger partial charge is 0.181 e. The fourth-order valence-electron chi connectivity index (χ4n) is 2.02. The first-order chi connectivity index (χ1) is 9.19. The van der Waals surface area contributed by atoms with Crippen LogP contribution in [-0.2, 0) is 0 Å². The molecule has 0 saturated carbocycles. The molecular formula is C14H14N4O. The zero-order valence-corrected chi connectivity index (χ0v) is 10.8. The van der Waals surface area contributed by atoms with Gasteiger partial charge in [0.1, 0.15) is 5.75 Å². The van der Waals surface area contributed by atoms with Gasteiger partial charge in [-0.05, 0) is 37.3 Å². The standard InChI is InChI=1S/C14H14N4O/c1-8-12(15)7-11-13(17-18-14(11)16-8)9-3-5-10(19-2)6-4-9/h3-7H,15H2,1-2H3,(H,16,17,18). The number of pyridine rings is 1. The van der Waals surface area contributed by atoms with Gasteiger partial charge in [0.2, 0.25) is 0 Å². The summed E-state index contributed by atoms with van der Waals surface area (Å²) in [7, 11) is 1.65. The highest BCUT2D eigenvalue weighted by atomic mass is 16.5. The van der Waals surface area contributed by atoms with Crippen molar-refractivity contribution >= 4 is 16.7 Å². The molecular weight excluding hydrogens is 240 g/mol. The Hall–Kier alpha value is -2.56. The number of nitrogens with zero attached hydrogens (tertiary/aromatic N) is 2. The van der Waals surface area contributed by atoms with E-state index < -0.39 is 0 Å². The van der Waals surface area contributed by atoms with Gasteiger partial charge in [0.05, 0.1) is 24.2 Å². The van der Waals surface area contributed by atoms with E-state index in [1.54, 1.807) is 7.11 Å². The Morgan fingerprint density at radius 3 is 2.63 bits per heavy atom. The minimum atomic E-state index is 0.670. The Morgan fingerprint density at radius 1 is 1.21 bits per heavy atom. The van der Waals surface area contributed by atoms with Crippen LogP contribution in [0, 0.1) is 6.92 Å². The lowest BCUT2D eigenvalue weighted by Gasteiger charge is -2.03. The van der Waals surface area contributed by atoms with Crippen LogP contribution >= 0.6 is 0 Å². The molecule has 3 rings (SSSR count). The first kappa shape index (κ1) is 11.5. The van der Waals surface area contributed by atoms with Gasteiger partial charge in [-0.1, -0.05) is 0 Å². The number of aryl methyl sites for hydroxylation is 1. The molecule has 0 aliphatic rings. The van der Waals surface area contributed by atoms with E-state index in [0.29, 0.717) is 11.3 Å². The number of H-pyrrole nitrogens is 1. The van der Waals surface area contributed by atoms with Crippen molar-refractivity contribution in [1.29, 1.82) is 0 Å². The minimum Gasteiger partial charge on any atom is -0.497 e. The second kappa shape index (κ2) is 4.28. The zero-order chi connectivity index (χ0) is 13.4. The summed E-state index contributed by atoms with van der Waals surface area (Å²) in [5.41, 5.74) is 9.99. The van der Waals surface area contributed by atoms with Gasteiger partial charge in [-0.2, -0.15) is 5.10 Å². The van der Waals surface area contributed by atoms with Crippen molar-refractivity contribution < 1.29 is 4.74 Å². The topological polar surface area (TPSA) is 76.8 Å². The van der Waals surface area contributed by atoms with Crippen molar-refractivity contribution in [3.8, 4) is 17.0 Å². The first-order valence-electron chi connectivity index (χ1n) is 5.94. The first-order valence-corrected chi connectivity index (χ1v) is 5.94. The maximum Gasteiger partial charge on any atom is 0.181 e. The summed E-state index contributed by atoms with van der Waals surface area (Å²) in [6, 6.07) is 9.67. The average Bonchev–Trinajstić information content (AvgIpc) is 2.82. The molecule has 0 bridgehead atoms. The number of anilines is 1. The van der Waals surface area contributed by atoms with Crippen LogP contribution in [0.25, 0.3) is 22.3 Å². The molecule has 0 amide bonds. The van der Waals surface area contributed by atoms with Gasteiger partial charge in [-0.15, -0.1) is 0 Å². The molecule has 19 heavy (non-hydrogen) atoms. The van der Waals surface area contributed by atoms with Crippen LogP contribution in [0.3, 0.4) is 0 Å². The summed E-state index contributed by atoms with van der Waals surface area (Å²) >= 11 is 0. The summed E-state index contributed by atoms with van der Waals surface area (Å²) in [5, 5.41) is 8.15. The van der Waals surface area contributed by atoms with Crippen LogP contribution in [0.4, 0.5) is 5.69 Å². The third kappa shape index (κ3) is 1.89. The van der Waals surface area contributed by atoms with Crippen molar-refractivity contribution in [1.82, 2.24) is 15.2 Å². The normalized spacial score (nSPS) is 10.8. The molecule has 5 heteroatoms.